The predicted octanol–water partition coefficient (Wildman–Crippen LogP) is 3.08. The average Bonchev–Trinajstić information content (AvgIpc) is 2.70. The van der Waals surface area contributed by atoms with Gasteiger partial charge in [0, 0.05) is 17.1 Å². The lowest BCUT2D eigenvalue weighted by atomic mass is 10.2. The van der Waals surface area contributed by atoms with E-state index in [1.807, 2.05) is 44.2 Å². The highest BCUT2D eigenvalue weighted by Crippen LogP contribution is 2.22. The third kappa shape index (κ3) is 2.60. The molecule has 1 amide bonds. The van der Waals surface area contributed by atoms with Crippen molar-refractivity contribution in [3.63, 3.8) is 0 Å². The first kappa shape index (κ1) is 12.8. The van der Waals surface area contributed by atoms with Crippen LogP contribution in [0.4, 0.5) is 5.69 Å². The number of hydrogen-bond acceptors (Lipinski definition) is 3. The number of nitrogens with two attached hydrogens (primary N) is 1. The van der Waals surface area contributed by atoms with Gasteiger partial charge in [-0.25, -0.2) is 0 Å². The minimum atomic E-state index is -0.0721. The van der Waals surface area contributed by atoms with Gasteiger partial charge in [0.25, 0.3) is 5.91 Å². The van der Waals surface area contributed by atoms with Gasteiger partial charge in [-0.2, -0.15) is 0 Å². The molecule has 0 unspecified atom stereocenters. The molecule has 0 saturated heterocycles. The molecule has 1 aromatic heterocycles. The zero-order valence-electron chi connectivity index (χ0n) is 10.5. The molecule has 0 radical (unpaired) electrons. The first-order valence-electron chi connectivity index (χ1n) is 5.78. The third-order valence-corrected chi connectivity index (χ3v) is 4.03. The van der Waals surface area contributed by atoms with Crippen LogP contribution in [0.5, 0.6) is 0 Å². The largest absolute Gasteiger partial charge is 0.326 e. The Kier molecular flexibility index (Phi) is 3.79. The molecule has 0 atom stereocenters. The number of anilines is 1. The van der Waals surface area contributed by atoms with Crippen molar-refractivity contribution >= 4 is 22.9 Å². The maximum absolute atomic E-state index is 12.1. The Morgan fingerprint density at radius 3 is 2.67 bits per heavy atom. The lowest BCUT2D eigenvalue weighted by molar-refractivity contribution is 0.103. The highest BCUT2D eigenvalue weighted by molar-refractivity contribution is 7.14. The van der Waals surface area contributed by atoms with E-state index in [1.54, 1.807) is 0 Å². The molecule has 2 rings (SSSR count). The number of carbonyl (C=O) groups excluding carboxylic acids is 1. The smallest absolute Gasteiger partial charge is 0.265 e. The summed E-state index contributed by atoms with van der Waals surface area (Å²) in [6.45, 7) is 4.44. The van der Waals surface area contributed by atoms with Crippen LogP contribution in [-0.2, 0) is 6.54 Å². The Morgan fingerprint density at radius 1 is 1.33 bits per heavy atom. The van der Waals surface area contributed by atoms with Crippen LogP contribution in [-0.4, -0.2) is 5.91 Å². The fraction of sp³-hybridized carbons (Fsp3) is 0.214. The molecule has 4 heteroatoms. The maximum Gasteiger partial charge on any atom is 0.265 e. The van der Waals surface area contributed by atoms with Gasteiger partial charge < -0.3 is 11.1 Å². The number of amides is 1. The molecule has 0 bridgehead atoms. The number of benzene rings is 1. The van der Waals surface area contributed by atoms with Gasteiger partial charge in [0.1, 0.15) is 0 Å². The van der Waals surface area contributed by atoms with Crippen molar-refractivity contribution in [3.05, 3.63) is 51.2 Å². The number of nitrogens with one attached hydrogen (secondary N) is 1. The molecule has 1 heterocycles. The molecule has 0 saturated carbocycles. The highest BCUT2D eigenvalue weighted by atomic mass is 32.1. The number of para-hydroxylation sites is 1. The second-order valence-corrected chi connectivity index (χ2v) is 5.42. The summed E-state index contributed by atoms with van der Waals surface area (Å²) in [5, 5.41) is 2.91. The molecule has 0 aliphatic rings. The molecule has 1 aromatic carbocycles. The molecule has 0 spiro atoms. The monoisotopic (exact) mass is 260 g/mol. The quantitative estimate of drug-likeness (QED) is 0.891. The van der Waals surface area contributed by atoms with Crippen molar-refractivity contribution in [3.8, 4) is 0 Å². The summed E-state index contributed by atoms with van der Waals surface area (Å²) in [5.41, 5.74) is 8.52. The molecule has 0 aliphatic heterocycles. The lowest BCUT2D eigenvalue weighted by Crippen LogP contribution is -2.12. The van der Waals surface area contributed by atoms with Crippen LogP contribution in [0.2, 0.25) is 0 Å². The van der Waals surface area contributed by atoms with Crippen LogP contribution < -0.4 is 11.1 Å². The highest BCUT2D eigenvalue weighted by Gasteiger charge is 2.11. The number of rotatable bonds is 3. The van der Waals surface area contributed by atoms with Crippen LogP contribution >= 0.6 is 11.3 Å². The molecule has 3 N–H and O–H groups in total. The summed E-state index contributed by atoms with van der Waals surface area (Å²) in [7, 11) is 0. The standard InChI is InChI=1S/C14H16N2OS/c1-9-7-13(18-10(9)2)14(17)16-12-6-4-3-5-11(12)8-15/h3-7H,8,15H2,1-2H3,(H,16,17). The van der Waals surface area contributed by atoms with E-state index in [9.17, 15) is 4.79 Å². The van der Waals surface area contributed by atoms with E-state index in [2.05, 4.69) is 5.32 Å². The number of carbonyl (C=O) groups is 1. The van der Waals surface area contributed by atoms with Crippen LogP contribution in [0, 0.1) is 13.8 Å². The molecule has 94 valence electrons. The van der Waals surface area contributed by atoms with E-state index in [1.165, 1.54) is 16.2 Å². The Labute approximate surface area is 111 Å². The van der Waals surface area contributed by atoms with Crippen molar-refractivity contribution in [2.45, 2.75) is 20.4 Å². The SMILES string of the molecule is Cc1cc(C(=O)Nc2ccccc2CN)sc1C. The van der Waals surface area contributed by atoms with Gasteiger partial charge in [-0.1, -0.05) is 18.2 Å². The molecule has 0 aliphatic carbocycles. The van der Waals surface area contributed by atoms with E-state index in [-0.39, 0.29) is 5.91 Å². The van der Waals surface area contributed by atoms with Gasteiger partial charge >= 0.3 is 0 Å². The normalized spacial score (nSPS) is 10.4. The first-order chi connectivity index (χ1) is 8.61. The second kappa shape index (κ2) is 5.33. The molecule has 3 nitrogen and oxygen atoms in total. The second-order valence-electron chi connectivity index (χ2n) is 4.17. The topological polar surface area (TPSA) is 55.1 Å². The molecular formula is C14H16N2OS. The zero-order valence-corrected chi connectivity index (χ0v) is 11.3. The van der Waals surface area contributed by atoms with Crippen molar-refractivity contribution in [1.29, 1.82) is 0 Å². The van der Waals surface area contributed by atoms with Gasteiger partial charge in [-0.05, 0) is 37.1 Å². The Balaban J connectivity index is 2.21. The summed E-state index contributed by atoms with van der Waals surface area (Å²) in [4.78, 5) is 14.0. The zero-order chi connectivity index (χ0) is 13.1. The molecular weight excluding hydrogens is 244 g/mol. The fourth-order valence-corrected chi connectivity index (χ4v) is 2.62. The molecule has 18 heavy (non-hydrogen) atoms. The summed E-state index contributed by atoms with van der Waals surface area (Å²) in [6.07, 6.45) is 0. The van der Waals surface area contributed by atoms with Crippen LogP contribution in [0.1, 0.15) is 25.7 Å². The van der Waals surface area contributed by atoms with Crippen molar-refractivity contribution in [2.75, 3.05) is 5.32 Å². The number of aryl methyl sites for hydroxylation is 2. The minimum Gasteiger partial charge on any atom is -0.326 e. The van der Waals surface area contributed by atoms with E-state index < -0.39 is 0 Å². The third-order valence-electron chi connectivity index (χ3n) is 2.88. The summed E-state index contributed by atoms with van der Waals surface area (Å²) >= 11 is 1.51. The van der Waals surface area contributed by atoms with E-state index >= 15 is 0 Å². The van der Waals surface area contributed by atoms with Crippen molar-refractivity contribution in [2.24, 2.45) is 5.73 Å². The summed E-state index contributed by atoms with van der Waals surface area (Å²) < 4.78 is 0. The Bertz CT molecular complexity index is 555. The van der Waals surface area contributed by atoms with Gasteiger partial charge in [-0.3, -0.25) is 4.79 Å². The van der Waals surface area contributed by atoms with Crippen LogP contribution in [0.15, 0.2) is 30.3 Å². The Hall–Kier alpha value is -1.65. The summed E-state index contributed by atoms with van der Waals surface area (Å²) in [5.74, 6) is -0.0721. The van der Waals surface area contributed by atoms with Gasteiger partial charge in [0.15, 0.2) is 0 Å². The van der Waals surface area contributed by atoms with E-state index in [4.69, 9.17) is 5.73 Å². The van der Waals surface area contributed by atoms with E-state index in [0.29, 0.717) is 6.54 Å². The Morgan fingerprint density at radius 2 is 2.06 bits per heavy atom. The summed E-state index contributed by atoms with van der Waals surface area (Å²) in [6, 6.07) is 9.51. The van der Waals surface area contributed by atoms with Crippen LogP contribution in [0.25, 0.3) is 0 Å². The first-order valence-corrected chi connectivity index (χ1v) is 6.60. The van der Waals surface area contributed by atoms with Crippen LogP contribution in [0.3, 0.4) is 0 Å². The van der Waals surface area contributed by atoms with Gasteiger partial charge in [0.2, 0.25) is 0 Å². The lowest BCUT2D eigenvalue weighted by Gasteiger charge is -2.08. The molecule has 0 fully saturated rings. The van der Waals surface area contributed by atoms with Gasteiger partial charge in [-0.15, -0.1) is 11.3 Å². The number of hydrogen-bond donors (Lipinski definition) is 2. The predicted molar refractivity (Wildman–Crippen MR) is 76.1 cm³/mol. The van der Waals surface area contributed by atoms with E-state index in [0.717, 1.165) is 21.7 Å². The maximum atomic E-state index is 12.1. The van der Waals surface area contributed by atoms with Crippen molar-refractivity contribution < 1.29 is 4.79 Å². The van der Waals surface area contributed by atoms with Crippen molar-refractivity contribution in [1.82, 2.24) is 0 Å². The number of thiophene rings is 1. The fourth-order valence-electron chi connectivity index (χ4n) is 1.69. The average molecular weight is 260 g/mol. The molecule has 2 aromatic rings. The minimum absolute atomic E-state index is 0.0721. The van der Waals surface area contributed by atoms with Gasteiger partial charge in [0.05, 0.1) is 4.88 Å².